The van der Waals surface area contributed by atoms with E-state index in [2.05, 4.69) is 18.2 Å². The van der Waals surface area contributed by atoms with Gasteiger partial charge in [-0.3, -0.25) is 9.59 Å². The Hall–Kier alpha value is -1.90. The Morgan fingerprint density at radius 2 is 2.00 bits per heavy atom. The normalized spacial score (nSPS) is 30.5. The summed E-state index contributed by atoms with van der Waals surface area (Å²) in [6.07, 6.45) is 5.86. The van der Waals surface area contributed by atoms with E-state index < -0.39 is 0 Å². The molecule has 0 N–H and O–H groups in total. The SMILES string of the molecule is O=C1CCC[C@H]2[C@@H]1[C@@H]2C(=O)N1CCC=C(c2ccccc2)C1. The summed E-state index contributed by atoms with van der Waals surface area (Å²) in [6.45, 7) is 1.48. The smallest absolute Gasteiger partial charge is 0.227 e. The van der Waals surface area contributed by atoms with Crippen LogP contribution in [-0.2, 0) is 9.59 Å². The number of Topliss-reactive ketones (excluding diaryl/α,β-unsaturated/α-hetero) is 1. The number of amides is 1. The quantitative estimate of drug-likeness (QED) is 0.841. The number of carbonyl (C=O) groups excluding carboxylic acids is 2. The maximum Gasteiger partial charge on any atom is 0.227 e. The molecule has 3 heteroatoms. The van der Waals surface area contributed by atoms with Crippen LogP contribution in [0.15, 0.2) is 36.4 Å². The number of rotatable bonds is 2. The Labute approximate surface area is 131 Å². The number of hydrogen-bond donors (Lipinski definition) is 0. The lowest BCUT2D eigenvalue weighted by atomic mass is 10.00. The summed E-state index contributed by atoms with van der Waals surface area (Å²) in [7, 11) is 0. The summed E-state index contributed by atoms with van der Waals surface area (Å²) >= 11 is 0. The summed E-state index contributed by atoms with van der Waals surface area (Å²) in [5.41, 5.74) is 2.43. The maximum atomic E-state index is 12.8. The van der Waals surface area contributed by atoms with Gasteiger partial charge >= 0.3 is 0 Å². The molecule has 1 aromatic rings. The van der Waals surface area contributed by atoms with Gasteiger partial charge in [0.1, 0.15) is 5.78 Å². The lowest BCUT2D eigenvalue weighted by Gasteiger charge is -2.28. The molecule has 3 aliphatic rings. The predicted molar refractivity (Wildman–Crippen MR) is 84.9 cm³/mol. The first-order chi connectivity index (χ1) is 10.8. The molecule has 0 radical (unpaired) electrons. The molecule has 4 rings (SSSR count). The number of hydrogen-bond acceptors (Lipinski definition) is 2. The zero-order chi connectivity index (χ0) is 15.1. The van der Waals surface area contributed by atoms with Crippen molar-refractivity contribution < 1.29 is 9.59 Å². The lowest BCUT2D eigenvalue weighted by Crippen LogP contribution is -2.37. The third-order valence-corrected chi connectivity index (χ3v) is 5.39. The molecule has 0 spiro atoms. The molecule has 0 aromatic heterocycles. The van der Waals surface area contributed by atoms with Crippen LogP contribution in [0.1, 0.15) is 31.2 Å². The van der Waals surface area contributed by atoms with Crippen LogP contribution >= 0.6 is 0 Å². The highest BCUT2D eigenvalue weighted by atomic mass is 16.2. The van der Waals surface area contributed by atoms with E-state index in [1.54, 1.807) is 0 Å². The molecule has 3 nitrogen and oxygen atoms in total. The molecule has 1 aliphatic heterocycles. The van der Waals surface area contributed by atoms with Crippen LogP contribution < -0.4 is 0 Å². The molecular weight excluding hydrogens is 274 g/mol. The zero-order valence-electron chi connectivity index (χ0n) is 12.7. The first kappa shape index (κ1) is 13.7. The molecule has 2 aliphatic carbocycles. The minimum atomic E-state index is -0.00915. The van der Waals surface area contributed by atoms with Crippen LogP contribution in [0.2, 0.25) is 0 Å². The largest absolute Gasteiger partial charge is 0.338 e. The van der Waals surface area contributed by atoms with Crippen molar-refractivity contribution in [2.45, 2.75) is 25.7 Å². The molecule has 1 amide bonds. The molecule has 0 bridgehead atoms. The van der Waals surface area contributed by atoms with Crippen LogP contribution in [-0.4, -0.2) is 29.7 Å². The number of nitrogens with zero attached hydrogens (tertiary/aromatic N) is 1. The van der Waals surface area contributed by atoms with Crippen molar-refractivity contribution in [1.29, 1.82) is 0 Å². The Morgan fingerprint density at radius 3 is 2.77 bits per heavy atom. The molecule has 114 valence electrons. The summed E-state index contributed by atoms with van der Waals surface area (Å²) in [5, 5.41) is 0. The van der Waals surface area contributed by atoms with Gasteiger partial charge in [-0.05, 0) is 36.3 Å². The Kier molecular flexibility index (Phi) is 3.36. The Morgan fingerprint density at radius 1 is 1.18 bits per heavy atom. The van der Waals surface area contributed by atoms with Crippen molar-refractivity contribution >= 4 is 17.3 Å². The van der Waals surface area contributed by atoms with Crippen molar-refractivity contribution in [2.24, 2.45) is 17.8 Å². The van der Waals surface area contributed by atoms with Crippen molar-refractivity contribution in [2.75, 3.05) is 13.1 Å². The molecule has 1 heterocycles. The molecule has 3 atom stereocenters. The van der Waals surface area contributed by atoms with Crippen LogP contribution in [0.4, 0.5) is 0 Å². The third kappa shape index (κ3) is 2.29. The van der Waals surface area contributed by atoms with Gasteiger partial charge in [0, 0.05) is 25.4 Å². The zero-order valence-corrected chi connectivity index (χ0v) is 12.7. The van der Waals surface area contributed by atoms with Crippen molar-refractivity contribution in [3.8, 4) is 0 Å². The highest BCUT2D eigenvalue weighted by Crippen LogP contribution is 2.54. The van der Waals surface area contributed by atoms with Crippen molar-refractivity contribution in [1.82, 2.24) is 4.90 Å². The van der Waals surface area contributed by atoms with Gasteiger partial charge in [-0.1, -0.05) is 36.4 Å². The standard InChI is InChI=1S/C19H21NO2/c21-16-10-4-9-15-17(16)18(15)19(22)20-11-5-8-14(12-20)13-6-2-1-3-7-13/h1-3,6-8,15,17-18H,4-5,9-12H2/t15-,17-,18+/m0/s1. The van der Waals surface area contributed by atoms with Gasteiger partial charge in [0.2, 0.25) is 5.91 Å². The number of fused-ring (bicyclic) bond motifs is 1. The highest BCUT2D eigenvalue weighted by Gasteiger charge is 2.60. The van der Waals surface area contributed by atoms with E-state index in [1.807, 2.05) is 23.1 Å². The van der Waals surface area contributed by atoms with Crippen LogP contribution in [0.25, 0.3) is 5.57 Å². The van der Waals surface area contributed by atoms with Crippen molar-refractivity contribution in [3.05, 3.63) is 42.0 Å². The van der Waals surface area contributed by atoms with E-state index in [9.17, 15) is 9.59 Å². The van der Waals surface area contributed by atoms with E-state index in [0.29, 0.717) is 24.7 Å². The lowest BCUT2D eigenvalue weighted by molar-refractivity contribution is -0.134. The fraction of sp³-hybridized carbons (Fsp3) is 0.474. The predicted octanol–water partition coefficient (Wildman–Crippen LogP) is 2.92. The van der Waals surface area contributed by atoms with E-state index in [1.165, 1.54) is 11.1 Å². The van der Waals surface area contributed by atoms with E-state index in [4.69, 9.17) is 0 Å². The van der Waals surface area contributed by atoms with Gasteiger partial charge in [0.15, 0.2) is 0 Å². The van der Waals surface area contributed by atoms with Crippen LogP contribution in [0, 0.1) is 17.8 Å². The molecule has 1 aromatic carbocycles. The van der Waals surface area contributed by atoms with E-state index in [0.717, 1.165) is 25.8 Å². The van der Waals surface area contributed by atoms with Gasteiger partial charge in [0.05, 0.1) is 5.92 Å². The number of carbonyl (C=O) groups is 2. The average Bonchev–Trinajstić information content (AvgIpc) is 3.31. The van der Waals surface area contributed by atoms with E-state index >= 15 is 0 Å². The molecule has 22 heavy (non-hydrogen) atoms. The fourth-order valence-corrected chi connectivity index (χ4v) is 4.19. The van der Waals surface area contributed by atoms with Crippen LogP contribution in [0.3, 0.4) is 0 Å². The summed E-state index contributed by atoms with van der Waals surface area (Å²) in [6, 6.07) is 10.3. The first-order valence-electron chi connectivity index (χ1n) is 8.31. The van der Waals surface area contributed by atoms with Gasteiger partial charge in [-0.2, -0.15) is 0 Å². The number of benzene rings is 1. The van der Waals surface area contributed by atoms with Gasteiger partial charge < -0.3 is 4.90 Å². The second kappa shape index (κ2) is 5.38. The van der Waals surface area contributed by atoms with E-state index in [-0.39, 0.29) is 17.7 Å². The van der Waals surface area contributed by atoms with Gasteiger partial charge in [-0.15, -0.1) is 0 Å². The summed E-state index contributed by atoms with van der Waals surface area (Å²) < 4.78 is 0. The molecule has 0 unspecified atom stereocenters. The average molecular weight is 295 g/mol. The van der Waals surface area contributed by atoms with Crippen molar-refractivity contribution in [3.63, 3.8) is 0 Å². The third-order valence-electron chi connectivity index (χ3n) is 5.39. The maximum absolute atomic E-state index is 12.8. The van der Waals surface area contributed by atoms with Gasteiger partial charge in [-0.25, -0.2) is 0 Å². The summed E-state index contributed by atoms with van der Waals surface area (Å²) in [4.78, 5) is 26.7. The summed E-state index contributed by atoms with van der Waals surface area (Å²) in [5.74, 6) is 0.925. The second-order valence-corrected chi connectivity index (χ2v) is 6.72. The second-order valence-electron chi connectivity index (χ2n) is 6.72. The van der Waals surface area contributed by atoms with Gasteiger partial charge in [0.25, 0.3) is 0 Å². The Balaban J connectivity index is 1.47. The minimum Gasteiger partial charge on any atom is -0.338 e. The minimum absolute atomic E-state index is 0.00915. The first-order valence-corrected chi connectivity index (χ1v) is 8.31. The fourth-order valence-electron chi connectivity index (χ4n) is 4.19. The Bertz CT molecular complexity index is 634. The van der Waals surface area contributed by atoms with Crippen LogP contribution in [0.5, 0.6) is 0 Å². The molecular formula is C19H21NO2. The number of ketones is 1. The molecule has 0 saturated heterocycles. The topological polar surface area (TPSA) is 37.4 Å². The molecule has 2 saturated carbocycles. The molecule has 2 fully saturated rings. The monoisotopic (exact) mass is 295 g/mol. The highest BCUT2D eigenvalue weighted by molar-refractivity contribution is 5.95.